The summed E-state index contributed by atoms with van der Waals surface area (Å²) in [7, 11) is 1.74. The van der Waals surface area contributed by atoms with Gasteiger partial charge in [0.15, 0.2) is 5.82 Å². The van der Waals surface area contributed by atoms with E-state index in [-0.39, 0.29) is 5.60 Å². The van der Waals surface area contributed by atoms with Crippen molar-refractivity contribution in [2.75, 3.05) is 12.8 Å². The van der Waals surface area contributed by atoms with E-state index >= 15 is 0 Å². The van der Waals surface area contributed by atoms with Gasteiger partial charge in [0.2, 0.25) is 0 Å². The van der Waals surface area contributed by atoms with Crippen molar-refractivity contribution in [1.82, 2.24) is 20.2 Å². The van der Waals surface area contributed by atoms with Crippen LogP contribution in [0, 0.1) is 0 Å². The Morgan fingerprint density at radius 1 is 1.45 bits per heavy atom. The Morgan fingerprint density at radius 3 is 2.85 bits per heavy atom. The third kappa shape index (κ3) is 2.25. The predicted molar refractivity (Wildman–Crippen MR) is 76.3 cm³/mol. The fraction of sp³-hybridized carbons (Fsp3) is 0.462. The summed E-state index contributed by atoms with van der Waals surface area (Å²) in [4.78, 5) is 0. The highest BCUT2D eigenvalue weighted by molar-refractivity contribution is 6.33. The highest BCUT2D eigenvalue weighted by atomic mass is 35.5. The molecule has 106 valence electrons. The summed E-state index contributed by atoms with van der Waals surface area (Å²) in [6.07, 6.45) is 3.25. The van der Waals surface area contributed by atoms with Crippen LogP contribution in [-0.4, -0.2) is 32.9 Å². The zero-order valence-corrected chi connectivity index (χ0v) is 12.0. The van der Waals surface area contributed by atoms with Crippen molar-refractivity contribution in [2.45, 2.75) is 31.4 Å². The fourth-order valence-electron chi connectivity index (χ4n) is 2.45. The number of tetrazole rings is 1. The topological polar surface area (TPSA) is 78.8 Å². The summed E-state index contributed by atoms with van der Waals surface area (Å²) < 4.78 is 7.39. The third-order valence-corrected chi connectivity index (χ3v) is 4.25. The molecule has 0 radical (unpaired) electrons. The molecule has 0 atom stereocenters. The SMILES string of the molecule is COC1(Cn2nnnc2-c2ccc(N)c(Cl)c2)CCC1. The number of hydrogen-bond acceptors (Lipinski definition) is 5. The van der Waals surface area contributed by atoms with E-state index in [2.05, 4.69) is 15.5 Å². The first-order chi connectivity index (χ1) is 9.63. The van der Waals surface area contributed by atoms with E-state index in [1.807, 2.05) is 6.07 Å². The number of methoxy groups -OCH3 is 1. The molecule has 3 rings (SSSR count). The lowest BCUT2D eigenvalue weighted by Crippen LogP contribution is -2.43. The summed E-state index contributed by atoms with van der Waals surface area (Å²) in [6.45, 7) is 0.647. The van der Waals surface area contributed by atoms with Gasteiger partial charge in [0.25, 0.3) is 0 Å². The summed E-state index contributed by atoms with van der Waals surface area (Å²) in [5.74, 6) is 0.676. The standard InChI is InChI=1S/C13H16ClN5O/c1-20-13(5-2-6-13)8-19-12(16-17-18-19)9-3-4-11(15)10(14)7-9/h3-4,7H,2,5-6,8,15H2,1H3. The molecule has 1 aliphatic rings. The molecule has 0 amide bonds. The molecule has 2 N–H and O–H groups in total. The molecule has 1 aliphatic carbocycles. The molecule has 0 unspecified atom stereocenters. The summed E-state index contributed by atoms with van der Waals surface area (Å²) in [5, 5.41) is 12.4. The van der Waals surface area contributed by atoms with Crippen molar-refractivity contribution in [3.8, 4) is 11.4 Å². The Bertz CT molecular complexity index is 617. The maximum Gasteiger partial charge on any atom is 0.182 e. The van der Waals surface area contributed by atoms with Gasteiger partial charge in [0.1, 0.15) is 0 Å². The molecule has 2 aromatic rings. The molecular weight excluding hydrogens is 278 g/mol. The van der Waals surface area contributed by atoms with Gasteiger partial charge in [0, 0.05) is 12.7 Å². The van der Waals surface area contributed by atoms with Gasteiger partial charge in [-0.2, -0.15) is 0 Å². The molecule has 20 heavy (non-hydrogen) atoms. The van der Waals surface area contributed by atoms with Crippen molar-refractivity contribution >= 4 is 17.3 Å². The number of hydrogen-bond donors (Lipinski definition) is 1. The van der Waals surface area contributed by atoms with Crippen LogP contribution in [0.15, 0.2) is 18.2 Å². The smallest absolute Gasteiger partial charge is 0.182 e. The molecule has 1 aromatic carbocycles. The lowest BCUT2D eigenvalue weighted by molar-refractivity contribution is -0.0855. The molecule has 6 nitrogen and oxygen atoms in total. The van der Waals surface area contributed by atoms with Crippen molar-refractivity contribution in [2.24, 2.45) is 0 Å². The number of nitrogen functional groups attached to an aromatic ring is 1. The van der Waals surface area contributed by atoms with Crippen LogP contribution in [0.3, 0.4) is 0 Å². The molecule has 0 bridgehead atoms. The number of anilines is 1. The Balaban J connectivity index is 1.91. The lowest BCUT2D eigenvalue weighted by Gasteiger charge is -2.40. The van der Waals surface area contributed by atoms with E-state index in [4.69, 9.17) is 22.1 Å². The molecule has 0 saturated heterocycles. The molecule has 7 heteroatoms. The zero-order valence-electron chi connectivity index (χ0n) is 11.2. The first-order valence-electron chi connectivity index (χ1n) is 6.50. The van der Waals surface area contributed by atoms with Gasteiger partial charge in [-0.25, -0.2) is 4.68 Å². The maximum absolute atomic E-state index is 6.05. The minimum atomic E-state index is -0.137. The molecule has 0 aliphatic heterocycles. The molecular formula is C13H16ClN5O. The fourth-order valence-corrected chi connectivity index (χ4v) is 2.64. The third-order valence-electron chi connectivity index (χ3n) is 3.93. The van der Waals surface area contributed by atoms with Gasteiger partial charge < -0.3 is 10.5 Å². The summed E-state index contributed by atoms with van der Waals surface area (Å²) in [5.41, 5.74) is 6.98. The first kappa shape index (κ1) is 13.3. The normalized spacial score (nSPS) is 16.9. The van der Waals surface area contributed by atoms with E-state index in [9.17, 15) is 0 Å². The Hall–Kier alpha value is -1.66. The second kappa shape index (κ2) is 5.03. The lowest BCUT2D eigenvalue weighted by atomic mass is 9.80. The number of ether oxygens (including phenoxy) is 1. The maximum atomic E-state index is 6.05. The van der Waals surface area contributed by atoms with Crippen LogP contribution in [0.5, 0.6) is 0 Å². The van der Waals surface area contributed by atoms with E-state index in [1.165, 1.54) is 6.42 Å². The number of halogens is 1. The van der Waals surface area contributed by atoms with Crippen molar-refractivity contribution in [3.05, 3.63) is 23.2 Å². The van der Waals surface area contributed by atoms with Gasteiger partial charge in [-0.1, -0.05) is 11.6 Å². The van der Waals surface area contributed by atoms with Crippen LogP contribution in [0.25, 0.3) is 11.4 Å². The second-order valence-corrected chi connectivity index (χ2v) is 5.54. The average Bonchev–Trinajstić information content (AvgIpc) is 2.85. The van der Waals surface area contributed by atoms with Crippen LogP contribution in [0.1, 0.15) is 19.3 Å². The molecule has 1 saturated carbocycles. The van der Waals surface area contributed by atoms with Crippen LogP contribution in [0.4, 0.5) is 5.69 Å². The van der Waals surface area contributed by atoms with Gasteiger partial charge >= 0.3 is 0 Å². The predicted octanol–water partition coefficient (Wildman–Crippen LogP) is 2.14. The highest BCUT2D eigenvalue weighted by Crippen LogP contribution is 2.37. The molecule has 1 aromatic heterocycles. The van der Waals surface area contributed by atoms with Gasteiger partial charge in [-0.15, -0.1) is 5.10 Å². The minimum absolute atomic E-state index is 0.137. The molecule has 1 heterocycles. The Morgan fingerprint density at radius 2 is 2.25 bits per heavy atom. The Kier molecular flexibility index (Phi) is 3.35. The minimum Gasteiger partial charge on any atom is -0.398 e. The van der Waals surface area contributed by atoms with E-state index < -0.39 is 0 Å². The number of nitrogens with two attached hydrogens (primary N) is 1. The van der Waals surface area contributed by atoms with Gasteiger partial charge in [-0.05, 0) is 47.9 Å². The number of aromatic nitrogens is 4. The monoisotopic (exact) mass is 293 g/mol. The van der Waals surface area contributed by atoms with Crippen LogP contribution < -0.4 is 5.73 Å². The van der Waals surface area contributed by atoms with Crippen LogP contribution in [-0.2, 0) is 11.3 Å². The highest BCUT2D eigenvalue weighted by Gasteiger charge is 2.38. The second-order valence-electron chi connectivity index (χ2n) is 5.14. The number of rotatable bonds is 4. The first-order valence-corrected chi connectivity index (χ1v) is 6.88. The number of nitrogens with zero attached hydrogens (tertiary/aromatic N) is 4. The molecule has 0 spiro atoms. The average molecular weight is 294 g/mol. The quantitative estimate of drug-likeness (QED) is 0.874. The van der Waals surface area contributed by atoms with Crippen molar-refractivity contribution in [3.63, 3.8) is 0 Å². The summed E-state index contributed by atoms with van der Waals surface area (Å²) in [6, 6.07) is 5.40. The van der Waals surface area contributed by atoms with Gasteiger partial charge in [-0.3, -0.25) is 0 Å². The molecule has 1 fully saturated rings. The van der Waals surface area contributed by atoms with E-state index in [0.29, 0.717) is 23.1 Å². The van der Waals surface area contributed by atoms with Gasteiger partial charge in [0.05, 0.1) is 22.9 Å². The Labute approximate surface area is 121 Å². The van der Waals surface area contributed by atoms with Crippen LogP contribution in [0.2, 0.25) is 5.02 Å². The zero-order chi connectivity index (χ0) is 14.2. The number of benzene rings is 1. The van der Waals surface area contributed by atoms with E-state index in [1.54, 1.807) is 23.9 Å². The van der Waals surface area contributed by atoms with Crippen molar-refractivity contribution in [1.29, 1.82) is 0 Å². The largest absolute Gasteiger partial charge is 0.398 e. The summed E-state index contributed by atoms with van der Waals surface area (Å²) >= 11 is 6.05. The van der Waals surface area contributed by atoms with Crippen molar-refractivity contribution < 1.29 is 4.74 Å². The van der Waals surface area contributed by atoms with Crippen LogP contribution >= 0.6 is 11.6 Å². The van der Waals surface area contributed by atoms with E-state index in [0.717, 1.165) is 18.4 Å².